The largest absolute Gasteiger partial charge is 0.307 e. The number of halogens is 1. The molecular formula is C20H19ClN4O3S. The van der Waals surface area contributed by atoms with Gasteiger partial charge in [0, 0.05) is 23.2 Å². The van der Waals surface area contributed by atoms with Gasteiger partial charge in [0.1, 0.15) is 5.82 Å². The van der Waals surface area contributed by atoms with E-state index < -0.39 is 10.0 Å². The number of rotatable bonds is 5. The summed E-state index contributed by atoms with van der Waals surface area (Å²) in [5, 5.41) is 7.81. The molecule has 1 N–H and O–H groups in total. The molecule has 0 bridgehead atoms. The number of amides is 1. The molecular weight excluding hydrogens is 412 g/mol. The topological polar surface area (TPSA) is 84.3 Å². The number of hydrogen-bond donors (Lipinski definition) is 1. The monoisotopic (exact) mass is 430 g/mol. The van der Waals surface area contributed by atoms with Crippen molar-refractivity contribution in [3.8, 4) is 0 Å². The molecule has 0 spiro atoms. The highest BCUT2D eigenvalue weighted by atomic mass is 35.5. The van der Waals surface area contributed by atoms with Crippen molar-refractivity contribution in [3.63, 3.8) is 0 Å². The van der Waals surface area contributed by atoms with E-state index in [1.165, 1.54) is 10.6 Å². The molecule has 0 radical (unpaired) electrons. The van der Waals surface area contributed by atoms with Crippen LogP contribution in [0.5, 0.6) is 0 Å². The second-order valence-corrected chi connectivity index (χ2v) is 9.23. The van der Waals surface area contributed by atoms with Gasteiger partial charge in [0.15, 0.2) is 0 Å². The highest BCUT2D eigenvalue weighted by Crippen LogP contribution is 2.31. The molecule has 0 fully saturated rings. The van der Waals surface area contributed by atoms with Gasteiger partial charge in [0.05, 0.1) is 24.7 Å². The number of sulfonamides is 1. The number of nitrogens with zero attached hydrogens (tertiary/aromatic N) is 3. The van der Waals surface area contributed by atoms with Gasteiger partial charge in [-0.05, 0) is 47.9 Å². The summed E-state index contributed by atoms with van der Waals surface area (Å²) in [4.78, 5) is 12.7. The molecule has 1 amide bonds. The fraction of sp³-hybridized carbons (Fsp3) is 0.200. The first-order chi connectivity index (χ1) is 13.8. The summed E-state index contributed by atoms with van der Waals surface area (Å²) in [6, 6.07) is 14.2. The van der Waals surface area contributed by atoms with Crippen LogP contribution in [0.15, 0.2) is 54.7 Å². The first-order valence-electron chi connectivity index (χ1n) is 8.99. The molecule has 0 aliphatic carbocycles. The summed E-state index contributed by atoms with van der Waals surface area (Å²) in [6.45, 7) is 0.889. The van der Waals surface area contributed by atoms with Gasteiger partial charge in [-0.25, -0.2) is 13.1 Å². The molecule has 3 aromatic rings. The zero-order chi connectivity index (χ0) is 20.6. The lowest BCUT2D eigenvalue weighted by Crippen LogP contribution is -2.27. The number of carbonyl (C=O) groups is 1. The summed E-state index contributed by atoms with van der Waals surface area (Å²) in [5.74, 6) is 0.298. The van der Waals surface area contributed by atoms with Gasteiger partial charge < -0.3 is 5.32 Å². The van der Waals surface area contributed by atoms with Gasteiger partial charge >= 0.3 is 0 Å². The Labute approximate surface area is 174 Å². The predicted octanol–water partition coefficient (Wildman–Crippen LogP) is 3.16. The van der Waals surface area contributed by atoms with Crippen molar-refractivity contribution in [3.05, 3.63) is 76.4 Å². The van der Waals surface area contributed by atoms with Gasteiger partial charge in [0.2, 0.25) is 10.0 Å². The molecule has 0 saturated heterocycles. The number of fused-ring (bicyclic) bond motifs is 1. The number of nitrogens with one attached hydrogen (secondary N) is 1. The van der Waals surface area contributed by atoms with Crippen LogP contribution in [0.4, 0.5) is 11.5 Å². The summed E-state index contributed by atoms with van der Waals surface area (Å²) in [5.41, 5.74) is 2.96. The lowest BCUT2D eigenvalue weighted by atomic mass is 10.1. The summed E-state index contributed by atoms with van der Waals surface area (Å²) in [6.07, 6.45) is 3.39. The summed E-state index contributed by atoms with van der Waals surface area (Å²) < 4.78 is 26.8. The van der Waals surface area contributed by atoms with Gasteiger partial charge in [-0.1, -0.05) is 23.7 Å². The Bertz CT molecular complexity index is 1170. The maximum absolute atomic E-state index is 12.7. The van der Waals surface area contributed by atoms with E-state index in [0.29, 0.717) is 41.6 Å². The zero-order valence-corrected chi connectivity index (χ0v) is 17.2. The van der Waals surface area contributed by atoms with E-state index in [-0.39, 0.29) is 5.91 Å². The number of anilines is 2. The molecule has 0 saturated carbocycles. The van der Waals surface area contributed by atoms with Crippen molar-refractivity contribution < 1.29 is 13.2 Å². The highest BCUT2D eigenvalue weighted by molar-refractivity contribution is 7.92. The molecule has 4 rings (SSSR count). The van der Waals surface area contributed by atoms with Crippen molar-refractivity contribution in [1.82, 2.24) is 9.78 Å². The highest BCUT2D eigenvalue weighted by Gasteiger charge is 2.26. The number of carbonyl (C=O) groups excluding carboxylic acids is 1. The van der Waals surface area contributed by atoms with Crippen LogP contribution < -0.4 is 9.62 Å². The molecule has 29 heavy (non-hydrogen) atoms. The third-order valence-electron chi connectivity index (χ3n) is 4.80. The molecule has 1 aromatic heterocycles. The van der Waals surface area contributed by atoms with E-state index in [1.807, 2.05) is 24.3 Å². The lowest BCUT2D eigenvalue weighted by Gasteiger charge is -2.16. The Balaban J connectivity index is 1.51. The average Bonchev–Trinajstić information content (AvgIpc) is 3.29. The Kier molecular flexibility index (Phi) is 5.06. The molecule has 1 aliphatic heterocycles. The zero-order valence-electron chi connectivity index (χ0n) is 15.7. The fourth-order valence-electron chi connectivity index (χ4n) is 3.37. The van der Waals surface area contributed by atoms with Crippen LogP contribution in [-0.2, 0) is 23.0 Å². The second-order valence-electron chi connectivity index (χ2n) is 6.88. The van der Waals surface area contributed by atoms with Crippen LogP contribution in [-0.4, -0.2) is 36.9 Å². The third-order valence-corrected chi connectivity index (χ3v) is 6.23. The Morgan fingerprint density at radius 2 is 1.93 bits per heavy atom. The maximum atomic E-state index is 12.7. The van der Waals surface area contributed by atoms with Gasteiger partial charge in [0.25, 0.3) is 5.91 Å². The molecule has 2 heterocycles. The first-order valence-corrected chi connectivity index (χ1v) is 11.2. The quantitative estimate of drug-likeness (QED) is 0.673. The van der Waals surface area contributed by atoms with Crippen LogP contribution in [0.25, 0.3) is 0 Å². The van der Waals surface area contributed by atoms with Crippen molar-refractivity contribution in [2.75, 3.05) is 22.4 Å². The van der Waals surface area contributed by atoms with Crippen molar-refractivity contribution in [2.24, 2.45) is 0 Å². The maximum Gasteiger partial charge on any atom is 0.256 e. The van der Waals surface area contributed by atoms with E-state index >= 15 is 0 Å². The van der Waals surface area contributed by atoms with Gasteiger partial charge in [-0.15, -0.1) is 0 Å². The van der Waals surface area contributed by atoms with Crippen LogP contribution in [0.1, 0.15) is 21.5 Å². The molecule has 7 nitrogen and oxygen atoms in total. The minimum absolute atomic E-state index is 0.275. The first kappa shape index (κ1) is 19.5. The van der Waals surface area contributed by atoms with Gasteiger partial charge in [-0.3, -0.25) is 9.10 Å². The lowest BCUT2D eigenvalue weighted by molar-refractivity contribution is 0.102. The van der Waals surface area contributed by atoms with E-state index in [0.717, 1.165) is 11.1 Å². The Morgan fingerprint density at radius 1 is 1.17 bits per heavy atom. The summed E-state index contributed by atoms with van der Waals surface area (Å²) in [7, 11) is -3.32. The van der Waals surface area contributed by atoms with Gasteiger partial charge in [-0.2, -0.15) is 5.10 Å². The number of hydrogen-bond acceptors (Lipinski definition) is 4. The number of benzene rings is 2. The SMILES string of the molecule is CS(=O)(=O)N1CCc2cc(C(=O)Nc3ccnn3Cc3ccc(Cl)cc3)ccc21. The van der Waals surface area contributed by atoms with Crippen LogP contribution in [0.3, 0.4) is 0 Å². The van der Waals surface area contributed by atoms with E-state index in [2.05, 4.69) is 10.4 Å². The minimum atomic E-state index is -3.32. The second kappa shape index (κ2) is 7.53. The summed E-state index contributed by atoms with van der Waals surface area (Å²) >= 11 is 5.92. The van der Waals surface area contributed by atoms with Crippen LogP contribution in [0, 0.1) is 0 Å². The number of aromatic nitrogens is 2. The van der Waals surface area contributed by atoms with Crippen molar-refractivity contribution in [2.45, 2.75) is 13.0 Å². The third kappa shape index (κ3) is 4.13. The van der Waals surface area contributed by atoms with Crippen LogP contribution in [0.2, 0.25) is 5.02 Å². The van der Waals surface area contributed by atoms with Crippen molar-refractivity contribution in [1.29, 1.82) is 0 Å². The molecule has 2 aromatic carbocycles. The van der Waals surface area contributed by atoms with Crippen molar-refractivity contribution >= 4 is 39.0 Å². The van der Waals surface area contributed by atoms with E-state index in [4.69, 9.17) is 11.6 Å². The molecule has 1 aliphatic rings. The standard InChI is InChI=1S/C20H19ClN4O3S/c1-29(27,28)25-11-9-15-12-16(4-7-18(15)25)20(26)23-19-8-10-22-24(19)13-14-2-5-17(21)6-3-14/h2-8,10,12H,9,11,13H2,1H3,(H,23,26). The molecule has 9 heteroatoms. The fourth-order valence-corrected chi connectivity index (χ4v) is 4.46. The average molecular weight is 431 g/mol. The normalized spacial score (nSPS) is 13.4. The Hall–Kier alpha value is -2.84. The minimum Gasteiger partial charge on any atom is -0.307 e. The Morgan fingerprint density at radius 3 is 2.66 bits per heavy atom. The smallest absolute Gasteiger partial charge is 0.256 e. The van der Waals surface area contributed by atoms with E-state index in [1.54, 1.807) is 35.1 Å². The molecule has 0 atom stereocenters. The van der Waals surface area contributed by atoms with E-state index in [9.17, 15) is 13.2 Å². The molecule has 150 valence electrons. The molecule has 0 unspecified atom stereocenters. The predicted molar refractivity (Wildman–Crippen MR) is 113 cm³/mol. The van der Waals surface area contributed by atoms with Crippen LogP contribution >= 0.6 is 11.6 Å².